The number of hydrogen-bond acceptors (Lipinski definition) is 6. The van der Waals surface area contributed by atoms with Gasteiger partial charge in [0.15, 0.2) is 16.8 Å². The molecule has 156 valence electrons. The number of Topliss-reactive ketones (excluding diaryl/α,β-unsaturated/α-hetero) is 1. The molecule has 0 saturated heterocycles. The van der Waals surface area contributed by atoms with E-state index in [1.807, 2.05) is 42.7 Å². The van der Waals surface area contributed by atoms with Gasteiger partial charge in [-0.2, -0.15) is 0 Å². The van der Waals surface area contributed by atoms with Gasteiger partial charge in [0.25, 0.3) is 0 Å². The second-order valence-electron chi connectivity index (χ2n) is 6.76. The molecule has 2 aromatic carbocycles. The summed E-state index contributed by atoms with van der Waals surface area (Å²) in [6, 6.07) is 15.0. The third kappa shape index (κ3) is 5.30. The minimum absolute atomic E-state index is 0.0216. The number of benzene rings is 2. The topological polar surface area (TPSA) is 66.2 Å². The monoisotopic (exact) mass is 423 g/mol. The Morgan fingerprint density at radius 1 is 1.20 bits per heavy atom. The number of nitrogens with zero attached hydrogens (tertiary/aromatic N) is 3. The van der Waals surface area contributed by atoms with Gasteiger partial charge in [0.1, 0.15) is 18.1 Å². The van der Waals surface area contributed by atoms with Crippen molar-refractivity contribution in [1.29, 1.82) is 0 Å². The fourth-order valence-corrected chi connectivity index (χ4v) is 3.83. The van der Waals surface area contributed by atoms with Crippen molar-refractivity contribution in [3.63, 3.8) is 0 Å². The molecule has 0 aliphatic rings. The molecule has 0 unspecified atom stereocenters. The predicted octanol–water partition coefficient (Wildman–Crippen LogP) is 4.72. The first kappa shape index (κ1) is 21.6. The Morgan fingerprint density at radius 2 is 1.97 bits per heavy atom. The summed E-state index contributed by atoms with van der Waals surface area (Å²) in [6.45, 7) is 8.52. The number of hydrogen-bond donors (Lipinski definition) is 0. The average molecular weight is 424 g/mol. The minimum Gasteiger partial charge on any atom is -0.497 e. The van der Waals surface area contributed by atoms with Crippen molar-refractivity contribution in [2.24, 2.45) is 0 Å². The molecule has 1 aromatic heterocycles. The lowest BCUT2D eigenvalue weighted by Crippen LogP contribution is -2.15. The van der Waals surface area contributed by atoms with E-state index in [4.69, 9.17) is 9.47 Å². The molecule has 0 spiro atoms. The van der Waals surface area contributed by atoms with Gasteiger partial charge in [-0.3, -0.25) is 9.36 Å². The molecule has 3 aromatic rings. The zero-order valence-electron chi connectivity index (χ0n) is 17.4. The Balaban J connectivity index is 1.71. The second kappa shape index (κ2) is 10.1. The number of methoxy groups -OCH3 is 1. The molecule has 0 N–H and O–H groups in total. The first-order chi connectivity index (χ1) is 14.5. The van der Waals surface area contributed by atoms with Gasteiger partial charge >= 0.3 is 0 Å². The van der Waals surface area contributed by atoms with Crippen LogP contribution in [0.5, 0.6) is 11.5 Å². The molecule has 1 heterocycles. The van der Waals surface area contributed by atoms with Gasteiger partial charge in [-0.25, -0.2) is 0 Å². The normalized spacial score (nSPS) is 11.7. The van der Waals surface area contributed by atoms with Crippen molar-refractivity contribution in [2.45, 2.75) is 37.4 Å². The van der Waals surface area contributed by atoms with Crippen LogP contribution in [0.1, 0.15) is 28.7 Å². The summed E-state index contributed by atoms with van der Waals surface area (Å²) in [4.78, 5) is 12.8. The lowest BCUT2D eigenvalue weighted by molar-refractivity contribution is 0.0994. The van der Waals surface area contributed by atoms with Crippen molar-refractivity contribution in [2.75, 3.05) is 7.11 Å². The maximum atomic E-state index is 12.8. The van der Waals surface area contributed by atoms with Gasteiger partial charge in [0, 0.05) is 12.1 Å². The Labute approximate surface area is 180 Å². The van der Waals surface area contributed by atoms with Crippen LogP contribution >= 0.6 is 11.8 Å². The zero-order chi connectivity index (χ0) is 21.5. The van der Waals surface area contributed by atoms with Gasteiger partial charge in [-0.05, 0) is 55.8 Å². The van der Waals surface area contributed by atoms with Crippen molar-refractivity contribution < 1.29 is 14.3 Å². The first-order valence-electron chi connectivity index (χ1n) is 9.59. The summed E-state index contributed by atoms with van der Waals surface area (Å²) in [7, 11) is 1.60. The lowest BCUT2D eigenvalue weighted by atomic mass is 10.1. The van der Waals surface area contributed by atoms with Gasteiger partial charge in [0.05, 0.1) is 12.4 Å². The Morgan fingerprint density at radius 3 is 2.63 bits per heavy atom. The maximum absolute atomic E-state index is 12.8. The number of ether oxygens (including phenoxy) is 2. The van der Waals surface area contributed by atoms with E-state index in [0.717, 1.165) is 17.1 Å². The van der Waals surface area contributed by atoms with E-state index < -0.39 is 0 Å². The predicted molar refractivity (Wildman–Crippen MR) is 118 cm³/mol. The number of allylic oxidation sites excluding steroid dienone is 1. The maximum Gasteiger partial charge on any atom is 0.192 e. The molecule has 3 rings (SSSR count). The summed E-state index contributed by atoms with van der Waals surface area (Å²) in [5.41, 5.74) is 1.76. The third-order valence-electron chi connectivity index (χ3n) is 4.49. The number of aryl methyl sites for hydroxylation is 1. The Bertz CT molecular complexity index is 1010. The fourth-order valence-electron chi connectivity index (χ4n) is 2.88. The first-order valence-corrected chi connectivity index (χ1v) is 10.5. The van der Waals surface area contributed by atoms with Gasteiger partial charge in [-0.1, -0.05) is 30.0 Å². The molecule has 0 saturated carbocycles. The summed E-state index contributed by atoms with van der Waals surface area (Å²) in [6.07, 6.45) is 1.78. The van der Waals surface area contributed by atoms with E-state index >= 15 is 0 Å². The van der Waals surface area contributed by atoms with E-state index in [9.17, 15) is 4.79 Å². The Kier molecular flexibility index (Phi) is 7.30. The molecule has 7 heteroatoms. The van der Waals surface area contributed by atoms with E-state index in [2.05, 4.69) is 16.8 Å². The SMILES string of the molecule is C=CCn1c(COc2cccc(C)c2)nnc1S[C@H](C)C(=O)c1ccc(OC)cc1. The number of ketones is 1. The standard InChI is InChI=1S/C23H25N3O3S/c1-5-13-26-21(15-29-20-8-6-7-16(2)14-20)24-25-23(26)30-17(3)22(27)18-9-11-19(28-4)12-10-18/h5-12,14,17H,1,13,15H2,2-4H3/t17-/m1/s1. The van der Waals surface area contributed by atoms with Crippen LogP contribution in [0.25, 0.3) is 0 Å². The highest BCUT2D eigenvalue weighted by molar-refractivity contribution is 8.00. The average Bonchev–Trinajstić information content (AvgIpc) is 3.13. The van der Waals surface area contributed by atoms with E-state index in [1.165, 1.54) is 11.8 Å². The van der Waals surface area contributed by atoms with Crippen LogP contribution in [0.15, 0.2) is 66.3 Å². The highest BCUT2D eigenvalue weighted by atomic mass is 32.2. The molecule has 6 nitrogen and oxygen atoms in total. The van der Waals surface area contributed by atoms with Gasteiger partial charge < -0.3 is 9.47 Å². The van der Waals surface area contributed by atoms with Crippen LogP contribution in [0.2, 0.25) is 0 Å². The zero-order valence-corrected chi connectivity index (χ0v) is 18.2. The second-order valence-corrected chi connectivity index (χ2v) is 8.06. The Hall–Kier alpha value is -3.06. The number of aromatic nitrogens is 3. The number of rotatable bonds is 10. The molecule has 0 bridgehead atoms. The lowest BCUT2D eigenvalue weighted by Gasteiger charge is -2.12. The highest BCUT2D eigenvalue weighted by Crippen LogP contribution is 2.26. The van der Waals surface area contributed by atoms with Crippen LogP contribution in [-0.4, -0.2) is 32.9 Å². The molecular weight excluding hydrogens is 398 g/mol. The quantitative estimate of drug-likeness (QED) is 0.267. The molecular formula is C23H25N3O3S. The number of carbonyl (C=O) groups is 1. The molecule has 1 atom stereocenters. The summed E-state index contributed by atoms with van der Waals surface area (Å²) in [5.74, 6) is 2.20. The van der Waals surface area contributed by atoms with Crippen molar-refractivity contribution in [1.82, 2.24) is 14.8 Å². The fraction of sp³-hybridized carbons (Fsp3) is 0.261. The smallest absolute Gasteiger partial charge is 0.192 e. The van der Waals surface area contributed by atoms with Crippen LogP contribution in [0.4, 0.5) is 0 Å². The number of carbonyl (C=O) groups excluding carboxylic acids is 1. The largest absolute Gasteiger partial charge is 0.497 e. The van der Waals surface area contributed by atoms with Gasteiger partial charge in [-0.15, -0.1) is 16.8 Å². The van der Waals surface area contributed by atoms with Crippen LogP contribution in [-0.2, 0) is 13.2 Å². The van der Waals surface area contributed by atoms with E-state index in [-0.39, 0.29) is 17.6 Å². The van der Waals surface area contributed by atoms with Gasteiger partial charge in [0.2, 0.25) is 0 Å². The van der Waals surface area contributed by atoms with Crippen molar-refractivity contribution >= 4 is 17.5 Å². The molecule has 0 fully saturated rings. The molecule has 30 heavy (non-hydrogen) atoms. The van der Waals surface area contributed by atoms with Crippen molar-refractivity contribution in [3.05, 3.63) is 78.1 Å². The summed E-state index contributed by atoms with van der Waals surface area (Å²) >= 11 is 1.37. The van der Waals surface area contributed by atoms with Crippen LogP contribution < -0.4 is 9.47 Å². The molecule has 0 aliphatic carbocycles. The summed E-state index contributed by atoms with van der Waals surface area (Å²) in [5, 5.41) is 8.89. The third-order valence-corrected chi connectivity index (χ3v) is 5.57. The summed E-state index contributed by atoms with van der Waals surface area (Å²) < 4.78 is 12.9. The minimum atomic E-state index is -0.322. The molecule has 0 radical (unpaired) electrons. The van der Waals surface area contributed by atoms with Crippen LogP contribution in [0, 0.1) is 6.92 Å². The number of thioether (sulfide) groups is 1. The molecule has 0 aliphatic heterocycles. The highest BCUT2D eigenvalue weighted by Gasteiger charge is 2.21. The van der Waals surface area contributed by atoms with Crippen molar-refractivity contribution in [3.8, 4) is 11.5 Å². The van der Waals surface area contributed by atoms with Crippen LogP contribution in [0.3, 0.4) is 0 Å². The van der Waals surface area contributed by atoms with E-state index in [1.54, 1.807) is 37.5 Å². The van der Waals surface area contributed by atoms with E-state index in [0.29, 0.717) is 23.1 Å². The molecule has 0 amide bonds.